The highest BCUT2D eigenvalue weighted by Gasteiger charge is 2.24. The molecule has 0 spiro atoms. The summed E-state index contributed by atoms with van der Waals surface area (Å²) in [5.74, 6) is 1.40. The molecule has 0 unspecified atom stereocenters. The molecule has 0 N–H and O–H groups in total. The zero-order valence-corrected chi connectivity index (χ0v) is 12.7. The molecule has 112 valence electrons. The SMILES string of the molecule is Cc1nc(CN(C)[C@H]2CCCN(c3ccccc3)C2)no1. The summed E-state index contributed by atoms with van der Waals surface area (Å²) >= 11 is 0. The van der Waals surface area contributed by atoms with Gasteiger partial charge in [0.05, 0.1) is 6.54 Å². The molecule has 0 amide bonds. The maximum atomic E-state index is 5.04. The van der Waals surface area contributed by atoms with Crippen LogP contribution < -0.4 is 4.90 Å². The van der Waals surface area contributed by atoms with Gasteiger partial charge in [-0.25, -0.2) is 0 Å². The third kappa shape index (κ3) is 3.42. The fourth-order valence-corrected chi connectivity index (χ4v) is 2.95. The van der Waals surface area contributed by atoms with E-state index in [1.807, 2.05) is 6.92 Å². The third-order valence-corrected chi connectivity index (χ3v) is 4.10. The maximum absolute atomic E-state index is 5.04. The minimum Gasteiger partial charge on any atom is -0.370 e. The first-order chi connectivity index (χ1) is 10.2. The van der Waals surface area contributed by atoms with Crippen molar-refractivity contribution < 1.29 is 4.52 Å². The predicted octanol–water partition coefficient (Wildman–Crippen LogP) is 2.48. The van der Waals surface area contributed by atoms with Crippen molar-refractivity contribution >= 4 is 5.69 Å². The van der Waals surface area contributed by atoms with Gasteiger partial charge in [0.2, 0.25) is 5.89 Å². The van der Waals surface area contributed by atoms with Crippen molar-refractivity contribution in [3.05, 3.63) is 42.0 Å². The number of anilines is 1. The van der Waals surface area contributed by atoms with E-state index < -0.39 is 0 Å². The van der Waals surface area contributed by atoms with E-state index in [0.29, 0.717) is 11.9 Å². The number of benzene rings is 1. The van der Waals surface area contributed by atoms with Gasteiger partial charge in [0.25, 0.3) is 0 Å². The molecular weight excluding hydrogens is 264 g/mol. The van der Waals surface area contributed by atoms with Gasteiger partial charge in [0.15, 0.2) is 5.82 Å². The number of para-hydroxylation sites is 1. The summed E-state index contributed by atoms with van der Waals surface area (Å²) in [6.45, 7) is 4.76. The van der Waals surface area contributed by atoms with E-state index in [2.05, 4.69) is 57.3 Å². The van der Waals surface area contributed by atoms with E-state index in [9.17, 15) is 0 Å². The second kappa shape index (κ2) is 6.26. The zero-order valence-electron chi connectivity index (χ0n) is 12.7. The highest BCUT2D eigenvalue weighted by molar-refractivity contribution is 5.46. The molecule has 2 heterocycles. The Labute approximate surface area is 125 Å². The summed E-state index contributed by atoms with van der Waals surface area (Å²) in [5, 5.41) is 3.99. The molecule has 0 radical (unpaired) electrons. The summed E-state index contributed by atoms with van der Waals surface area (Å²) in [7, 11) is 2.14. The van der Waals surface area contributed by atoms with Gasteiger partial charge in [-0.15, -0.1) is 0 Å². The Bertz CT molecular complexity index is 569. The monoisotopic (exact) mass is 286 g/mol. The van der Waals surface area contributed by atoms with Crippen molar-refractivity contribution in [3.63, 3.8) is 0 Å². The molecule has 21 heavy (non-hydrogen) atoms. The Hall–Kier alpha value is -1.88. The van der Waals surface area contributed by atoms with Gasteiger partial charge >= 0.3 is 0 Å². The Balaban J connectivity index is 1.62. The number of hydrogen-bond acceptors (Lipinski definition) is 5. The first-order valence-electron chi connectivity index (χ1n) is 7.52. The number of hydrogen-bond donors (Lipinski definition) is 0. The van der Waals surface area contributed by atoms with Gasteiger partial charge in [-0.3, -0.25) is 4.90 Å². The van der Waals surface area contributed by atoms with Crippen LogP contribution in [-0.2, 0) is 6.54 Å². The average molecular weight is 286 g/mol. The molecule has 5 nitrogen and oxygen atoms in total. The van der Waals surface area contributed by atoms with Crippen LogP contribution in [0.2, 0.25) is 0 Å². The number of likely N-dealkylation sites (N-methyl/N-ethyl adjacent to an activating group) is 1. The number of aromatic nitrogens is 2. The molecule has 0 saturated carbocycles. The zero-order chi connectivity index (χ0) is 14.7. The fraction of sp³-hybridized carbons (Fsp3) is 0.500. The summed E-state index contributed by atoms with van der Waals surface area (Å²) in [5.41, 5.74) is 1.31. The molecule has 1 aromatic heterocycles. The highest BCUT2D eigenvalue weighted by Crippen LogP contribution is 2.22. The van der Waals surface area contributed by atoms with Crippen LogP contribution in [0, 0.1) is 6.92 Å². The Morgan fingerprint density at radius 1 is 1.33 bits per heavy atom. The summed E-state index contributed by atoms with van der Waals surface area (Å²) in [6, 6.07) is 11.2. The normalized spacial score (nSPS) is 19.2. The molecule has 0 bridgehead atoms. The number of nitrogens with zero attached hydrogens (tertiary/aromatic N) is 4. The van der Waals surface area contributed by atoms with E-state index in [1.165, 1.54) is 18.5 Å². The summed E-state index contributed by atoms with van der Waals surface area (Å²) in [6.07, 6.45) is 2.44. The lowest BCUT2D eigenvalue weighted by molar-refractivity contribution is 0.201. The minimum atomic E-state index is 0.526. The molecule has 1 saturated heterocycles. The standard InChI is InChI=1S/C16H22N4O/c1-13-17-16(18-21-13)12-19(2)15-9-6-10-20(11-15)14-7-4-3-5-8-14/h3-5,7-8,15H,6,9-12H2,1-2H3/t15-/m0/s1. The van der Waals surface area contributed by atoms with Crippen molar-refractivity contribution in [2.45, 2.75) is 32.4 Å². The van der Waals surface area contributed by atoms with Gasteiger partial charge in [-0.2, -0.15) is 4.98 Å². The van der Waals surface area contributed by atoms with Gasteiger partial charge in [0, 0.05) is 31.7 Å². The van der Waals surface area contributed by atoms with E-state index >= 15 is 0 Å². The molecule has 5 heteroatoms. The molecule has 0 aliphatic carbocycles. The average Bonchev–Trinajstić information content (AvgIpc) is 2.93. The van der Waals surface area contributed by atoms with Crippen LogP contribution in [0.4, 0.5) is 5.69 Å². The van der Waals surface area contributed by atoms with Crippen LogP contribution in [0.25, 0.3) is 0 Å². The largest absolute Gasteiger partial charge is 0.370 e. The molecule has 1 fully saturated rings. The Morgan fingerprint density at radius 2 is 2.14 bits per heavy atom. The second-order valence-corrected chi connectivity index (χ2v) is 5.72. The van der Waals surface area contributed by atoms with Crippen molar-refractivity contribution in [2.75, 3.05) is 25.0 Å². The molecule has 1 aliphatic rings. The van der Waals surface area contributed by atoms with Crippen molar-refractivity contribution in [3.8, 4) is 0 Å². The molecular formula is C16H22N4O. The Kier molecular flexibility index (Phi) is 4.20. The van der Waals surface area contributed by atoms with Crippen LogP contribution in [0.15, 0.2) is 34.9 Å². The van der Waals surface area contributed by atoms with Crippen LogP contribution >= 0.6 is 0 Å². The molecule has 2 aromatic rings. The van der Waals surface area contributed by atoms with Gasteiger partial charge in [-0.05, 0) is 32.0 Å². The van der Waals surface area contributed by atoms with Crippen LogP contribution in [0.5, 0.6) is 0 Å². The molecule has 1 atom stereocenters. The third-order valence-electron chi connectivity index (χ3n) is 4.10. The van der Waals surface area contributed by atoms with E-state index in [-0.39, 0.29) is 0 Å². The number of rotatable bonds is 4. The van der Waals surface area contributed by atoms with Crippen molar-refractivity contribution in [1.29, 1.82) is 0 Å². The molecule has 3 rings (SSSR count). The predicted molar refractivity (Wildman–Crippen MR) is 82.2 cm³/mol. The van der Waals surface area contributed by atoms with Crippen LogP contribution in [0.1, 0.15) is 24.6 Å². The number of piperidine rings is 1. The van der Waals surface area contributed by atoms with Gasteiger partial charge in [-0.1, -0.05) is 23.4 Å². The Morgan fingerprint density at radius 3 is 2.86 bits per heavy atom. The van der Waals surface area contributed by atoms with Gasteiger partial charge < -0.3 is 9.42 Å². The van der Waals surface area contributed by atoms with Crippen molar-refractivity contribution in [1.82, 2.24) is 15.0 Å². The van der Waals surface area contributed by atoms with E-state index in [0.717, 1.165) is 25.5 Å². The van der Waals surface area contributed by atoms with Crippen molar-refractivity contribution in [2.24, 2.45) is 0 Å². The summed E-state index contributed by atoms with van der Waals surface area (Å²) in [4.78, 5) is 9.09. The fourth-order valence-electron chi connectivity index (χ4n) is 2.95. The van der Waals surface area contributed by atoms with Crippen LogP contribution in [-0.4, -0.2) is 41.2 Å². The molecule has 1 aliphatic heterocycles. The molecule has 1 aromatic carbocycles. The maximum Gasteiger partial charge on any atom is 0.223 e. The highest BCUT2D eigenvalue weighted by atomic mass is 16.5. The van der Waals surface area contributed by atoms with Gasteiger partial charge in [0.1, 0.15) is 0 Å². The van der Waals surface area contributed by atoms with Crippen LogP contribution in [0.3, 0.4) is 0 Å². The minimum absolute atomic E-state index is 0.526. The lowest BCUT2D eigenvalue weighted by Crippen LogP contribution is -2.46. The summed E-state index contributed by atoms with van der Waals surface area (Å²) < 4.78 is 5.04. The smallest absolute Gasteiger partial charge is 0.223 e. The number of aryl methyl sites for hydroxylation is 1. The lowest BCUT2D eigenvalue weighted by atomic mass is 10.0. The van der Waals surface area contributed by atoms with E-state index in [1.54, 1.807) is 0 Å². The topological polar surface area (TPSA) is 45.4 Å². The first-order valence-corrected chi connectivity index (χ1v) is 7.52. The quantitative estimate of drug-likeness (QED) is 0.864. The lowest BCUT2D eigenvalue weighted by Gasteiger charge is -2.38. The van der Waals surface area contributed by atoms with E-state index in [4.69, 9.17) is 4.52 Å². The first kappa shape index (κ1) is 14.1. The second-order valence-electron chi connectivity index (χ2n) is 5.72.